The standard InChI is InChI=1S/C18H19ClN2O3/c1-11-8-9-14(10-12(11)2)24-13(3)17(22)20-21-18(23)15-6-4-5-7-16(15)19/h4-10,13H,1-3H3,(H,20,22)(H,21,23). The molecule has 0 saturated carbocycles. The van der Waals surface area contributed by atoms with Gasteiger partial charge in [-0.1, -0.05) is 29.8 Å². The first-order chi connectivity index (χ1) is 11.4. The lowest BCUT2D eigenvalue weighted by molar-refractivity contribution is -0.128. The molecule has 0 heterocycles. The monoisotopic (exact) mass is 346 g/mol. The second-order valence-corrected chi connectivity index (χ2v) is 5.84. The summed E-state index contributed by atoms with van der Waals surface area (Å²) in [6.07, 6.45) is -0.765. The van der Waals surface area contributed by atoms with Gasteiger partial charge in [-0.3, -0.25) is 20.4 Å². The van der Waals surface area contributed by atoms with Crippen LogP contribution >= 0.6 is 11.6 Å². The third-order valence-electron chi connectivity index (χ3n) is 3.58. The van der Waals surface area contributed by atoms with Crippen molar-refractivity contribution >= 4 is 23.4 Å². The van der Waals surface area contributed by atoms with Crippen molar-refractivity contribution in [1.29, 1.82) is 0 Å². The third kappa shape index (κ3) is 4.49. The number of ether oxygens (including phenoxy) is 1. The SMILES string of the molecule is Cc1ccc(OC(C)C(=O)NNC(=O)c2ccccc2Cl)cc1C. The Kier molecular flexibility index (Phi) is 5.82. The molecule has 0 aliphatic rings. The van der Waals surface area contributed by atoms with Gasteiger partial charge in [0.05, 0.1) is 10.6 Å². The van der Waals surface area contributed by atoms with Crippen molar-refractivity contribution in [2.45, 2.75) is 26.9 Å². The zero-order chi connectivity index (χ0) is 17.7. The highest BCUT2D eigenvalue weighted by Gasteiger charge is 2.17. The van der Waals surface area contributed by atoms with Gasteiger partial charge in [0.1, 0.15) is 5.75 Å². The Hall–Kier alpha value is -2.53. The summed E-state index contributed by atoms with van der Waals surface area (Å²) in [5.74, 6) is -0.362. The van der Waals surface area contributed by atoms with E-state index in [9.17, 15) is 9.59 Å². The van der Waals surface area contributed by atoms with E-state index in [1.165, 1.54) is 0 Å². The van der Waals surface area contributed by atoms with E-state index in [1.54, 1.807) is 37.3 Å². The van der Waals surface area contributed by atoms with Crippen LogP contribution in [0, 0.1) is 13.8 Å². The Labute approximate surface area is 145 Å². The number of aryl methyl sites for hydroxylation is 2. The van der Waals surface area contributed by atoms with Crippen molar-refractivity contribution in [3.05, 3.63) is 64.2 Å². The molecule has 2 rings (SSSR count). The summed E-state index contributed by atoms with van der Waals surface area (Å²) in [4.78, 5) is 24.0. The summed E-state index contributed by atoms with van der Waals surface area (Å²) < 4.78 is 5.58. The molecule has 24 heavy (non-hydrogen) atoms. The van der Waals surface area contributed by atoms with Crippen LogP contribution < -0.4 is 15.6 Å². The van der Waals surface area contributed by atoms with Gasteiger partial charge in [0.2, 0.25) is 0 Å². The highest BCUT2D eigenvalue weighted by molar-refractivity contribution is 6.33. The molecule has 1 unspecified atom stereocenters. The number of hydrazine groups is 1. The van der Waals surface area contributed by atoms with Gasteiger partial charge in [-0.05, 0) is 56.2 Å². The van der Waals surface area contributed by atoms with Gasteiger partial charge in [0.25, 0.3) is 11.8 Å². The fourth-order valence-electron chi connectivity index (χ4n) is 1.98. The summed E-state index contributed by atoms with van der Waals surface area (Å²) in [7, 11) is 0. The minimum atomic E-state index is -0.765. The smallest absolute Gasteiger partial charge is 0.279 e. The molecule has 2 aromatic carbocycles. The molecular formula is C18H19ClN2O3. The average molecular weight is 347 g/mol. The van der Waals surface area contributed by atoms with Crippen LogP contribution in [0.4, 0.5) is 0 Å². The molecule has 0 saturated heterocycles. The molecule has 0 aliphatic heterocycles. The number of amides is 2. The van der Waals surface area contributed by atoms with E-state index in [-0.39, 0.29) is 5.56 Å². The normalized spacial score (nSPS) is 11.5. The van der Waals surface area contributed by atoms with E-state index in [2.05, 4.69) is 10.9 Å². The summed E-state index contributed by atoms with van der Waals surface area (Å²) in [5.41, 5.74) is 7.16. The molecule has 5 nitrogen and oxygen atoms in total. The van der Waals surface area contributed by atoms with Crippen molar-refractivity contribution in [3.8, 4) is 5.75 Å². The predicted molar refractivity (Wildman–Crippen MR) is 93.1 cm³/mol. The molecule has 0 aliphatic carbocycles. The summed E-state index contributed by atoms with van der Waals surface area (Å²) in [6.45, 7) is 5.57. The van der Waals surface area contributed by atoms with E-state index in [4.69, 9.17) is 16.3 Å². The molecule has 0 fully saturated rings. The fourth-order valence-corrected chi connectivity index (χ4v) is 2.20. The number of carbonyl (C=O) groups is 2. The van der Waals surface area contributed by atoms with Crippen LogP contribution in [0.1, 0.15) is 28.4 Å². The zero-order valence-electron chi connectivity index (χ0n) is 13.7. The first-order valence-electron chi connectivity index (χ1n) is 7.47. The molecule has 2 N–H and O–H groups in total. The second kappa shape index (κ2) is 7.84. The number of hydrogen-bond donors (Lipinski definition) is 2. The van der Waals surface area contributed by atoms with E-state index in [0.29, 0.717) is 10.8 Å². The first-order valence-corrected chi connectivity index (χ1v) is 7.85. The number of carbonyl (C=O) groups excluding carboxylic acids is 2. The zero-order valence-corrected chi connectivity index (χ0v) is 14.5. The number of hydrogen-bond acceptors (Lipinski definition) is 3. The lowest BCUT2D eigenvalue weighted by atomic mass is 10.1. The van der Waals surface area contributed by atoms with Crippen LogP contribution in [0.2, 0.25) is 5.02 Å². The Morgan fingerprint density at radius 1 is 1.04 bits per heavy atom. The first kappa shape index (κ1) is 17.8. The van der Waals surface area contributed by atoms with Gasteiger partial charge in [-0.15, -0.1) is 0 Å². The second-order valence-electron chi connectivity index (χ2n) is 5.43. The number of nitrogens with one attached hydrogen (secondary N) is 2. The Balaban J connectivity index is 1.91. The van der Waals surface area contributed by atoms with E-state index >= 15 is 0 Å². The summed E-state index contributed by atoms with van der Waals surface area (Å²) in [6, 6.07) is 12.2. The third-order valence-corrected chi connectivity index (χ3v) is 3.91. The van der Waals surface area contributed by atoms with Crippen LogP contribution in [-0.4, -0.2) is 17.9 Å². The van der Waals surface area contributed by atoms with Gasteiger partial charge in [-0.2, -0.15) is 0 Å². The van der Waals surface area contributed by atoms with Crippen LogP contribution in [0.5, 0.6) is 5.75 Å². The molecule has 0 radical (unpaired) electrons. The largest absolute Gasteiger partial charge is 0.481 e. The summed E-state index contributed by atoms with van der Waals surface area (Å²) >= 11 is 5.93. The molecule has 6 heteroatoms. The molecular weight excluding hydrogens is 328 g/mol. The summed E-state index contributed by atoms with van der Waals surface area (Å²) in [5, 5.41) is 0.309. The van der Waals surface area contributed by atoms with Gasteiger partial charge >= 0.3 is 0 Å². The Morgan fingerprint density at radius 3 is 2.42 bits per heavy atom. The molecule has 0 bridgehead atoms. The highest BCUT2D eigenvalue weighted by atomic mass is 35.5. The molecule has 2 amide bonds. The topological polar surface area (TPSA) is 67.4 Å². The van der Waals surface area contributed by atoms with Gasteiger partial charge in [0, 0.05) is 0 Å². The maximum atomic E-state index is 12.0. The Bertz CT molecular complexity index is 762. The Morgan fingerprint density at radius 2 is 1.75 bits per heavy atom. The van der Waals surface area contributed by atoms with Crippen molar-refractivity contribution in [2.24, 2.45) is 0 Å². The maximum absolute atomic E-state index is 12.0. The molecule has 0 spiro atoms. The number of rotatable bonds is 4. The van der Waals surface area contributed by atoms with Crippen LogP contribution in [0.25, 0.3) is 0 Å². The maximum Gasteiger partial charge on any atom is 0.279 e. The predicted octanol–water partition coefficient (Wildman–Crippen LogP) is 3.19. The van der Waals surface area contributed by atoms with Crippen LogP contribution in [-0.2, 0) is 4.79 Å². The van der Waals surface area contributed by atoms with Gasteiger partial charge in [0.15, 0.2) is 6.10 Å². The van der Waals surface area contributed by atoms with Crippen molar-refractivity contribution in [1.82, 2.24) is 10.9 Å². The minimum Gasteiger partial charge on any atom is -0.481 e. The quantitative estimate of drug-likeness (QED) is 0.835. The highest BCUT2D eigenvalue weighted by Crippen LogP contribution is 2.18. The van der Waals surface area contributed by atoms with Gasteiger partial charge in [-0.25, -0.2) is 0 Å². The van der Waals surface area contributed by atoms with Crippen molar-refractivity contribution < 1.29 is 14.3 Å². The molecule has 126 valence electrons. The average Bonchev–Trinajstić information content (AvgIpc) is 2.56. The van der Waals surface area contributed by atoms with E-state index in [1.807, 2.05) is 26.0 Å². The molecule has 2 aromatic rings. The fraction of sp³-hybridized carbons (Fsp3) is 0.222. The van der Waals surface area contributed by atoms with Gasteiger partial charge < -0.3 is 4.74 Å². The van der Waals surface area contributed by atoms with Crippen molar-refractivity contribution in [2.75, 3.05) is 0 Å². The van der Waals surface area contributed by atoms with E-state index in [0.717, 1.165) is 11.1 Å². The minimum absolute atomic E-state index is 0.280. The van der Waals surface area contributed by atoms with Crippen LogP contribution in [0.3, 0.4) is 0 Å². The van der Waals surface area contributed by atoms with Crippen LogP contribution in [0.15, 0.2) is 42.5 Å². The number of halogens is 1. The molecule has 0 aromatic heterocycles. The van der Waals surface area contributed by atoms with E-state index < -0.39 is 17.9 Å². The van der Waals surface area contributed by atoms with Crippen molar-refractivity contribution in [3.63, 3.8) is 0 Å². The lowest BCUT2D eigenvalue weighted by Gasteiger charge is -2.16. The lowest BCUT2D eigenvalue weighted by Crippen LogP contribution is -2.47. The number of benzene rings is 2. The molecule has 1 atom stereocenters.